The van der Waals surface area contributed by atoms with Gasteiger partial charge in [0.1, 0.15) is 0 Å². The van der Waals surface area contributed by atoms with Gasteiger partial charge < -0.3 is 5.73 Å². The van der Waals surface area contributed by atoms with Gasteiger partial charge in [-0.2, -0.15) is 0 Å². The topological polar surface area (TPSA) is 26.0 Å². The number of nitrogens with two attached hydrogens (primary N) is 1. The fraction of sp³-hybridized carbons (Fsp3) is 0.250. The van der Waals surface area contributed by atoms with E-state index in [2.05, 4.69) is 56.3 Å². The summed E-state index contributed by atoms with van der Waals surface area (Å²) >= 11 is 0. The van der Waals surface area contributed by atoms with Crippen molar-refractivity contribution >= 4 is 0 Å². The number of aryl methyl sites for hydroxylation is 2. The largest absolute Gasteiger partial charge is 0.330 e. The Hall–Kier alpha value is -1.60. The highest BCUT2D eigenvalue weighted by Crippen LogP contribution is 2.26. The number of rotatable bonds is 3. The highest BCUT2D eigenvalue weighted by molar-refractivity contribution is 5.39. The van der Waals surface area contributed by atoms with Gasteiger partial charge >= 0.3 is 0 Å². The second-order valence-corrected chi connectivity index (χ2v) is 4.56. The molecule has 0 saturated carbocycles. The van der Waals surface area contributed by atoms with E-state index in [0.29, 0.717) is 12.5 Å². The molecule has 17 heavy (non-hydrogen) atoms. The summed E-state index contributed by atoms with van der Waals surface area (Å²) in [4.78, 5) is 0. The maximum Gasteiger partial charge on any atom is 0.0215 e. The van der Waals surface area contributed by atoms with Gasteiger partial charge in [0, 0.05) is 12.5 Å². The molecule has 0 fully saturated rings. The lowest BCUT2D eigenvalue weighted by atomic mass is 9.88. The molecule has 1 heteroatoms. The first-order valence-electron chi connectivity index (χ1n) is 6.04. The molecule has 0 aliphatic heterocycles. The molecule has 0 amide bonds. The Morgan fingerprint density at radius 3 is 2.29 bits per heavy atom. The third-order valence-corrected chi connectivity index (χ3v) is 3.24. The Labute approximate surface area is 103 Å². The molecule has 1 atom stereocenters. The molecule has 0 saturated heterocycles. The minimum absolute atomic E-state index is 0.303. The van der Waals surface area contributed by atoms with Crippen molar-refractivity contribution in [3.05, 3.63) is 70.8 Å². The lowest BCUT2D eigenvalue weighted by molar-refractivity contribution is 0.811. The zero-order valence-electron chi connectivity index (χ0n) is 10.5. The quantitative estimate of drug-likeness (QED) is 0.851. The van der Waals surface area contributed by atoms with Gasteiger partial charge in [0.2, 0.25) is 0 Å². The minimum atomic E-state index is 0.303. The standard InChI is InChI=1S/C16H19N/c1-12-8-9-15(13(2)10-12)16(11-17)14-6-4-3-5-7-14/h3-10,16H,11,17H2,1-2H3. The third-order valence-electron chi connectivity index (χ3n) is 3.24. The predicted octanol–water partition coefficient (Wildman–Crippen LogP) is 3.39. The molecule has 0 heterocycles. The van der Waals surface area contributed by atoms with Crippen molar-refractivity contribution in [2.45, 2.75) is 19.8 Å². The van der Waals surface area contributed by atoms with E-state index >= 15 is 0 Å². The molecule has 2 rings (SSSR count). The van der Waals surface area contributed by atoms with Crippen molar-refractivity contribution in [3.8, 4) is 0 Å². The molecule has 0 bridgehead atoms. The normalized spacial score (nSPS) is 12.4. The van der Waals surface area contributed by atoms with Crippen LogP contribution in [0.5, 0.6) is 0 Å². The van der Waals surface area contributed by atoms with Crippen LogP contribution in [0.4, 0.5) is 0 Å². The average molecular weight is 225 g/mol. The van der Waals surface area contributed by atoms with E-state index in [-0.39, 0.29) is 0 Å². The van der Waals surface area contributed by atoms with Gasteiger partial charge in [-0.05, 0) is 30.5 Å². The van der Waals surface area contributed by atoms with E-state index in [9.17, 15) is 0 Å². The van der Waals surface area contributed by atoms with E-state index in [1.165, 1.54) is 22.3 Å². The fourth-order valence-electron chi connectivity index (χ4n) is 2.34. The Bertz CT molecular complexity index is 488. The molecule has 1 nitrogen and oxygen atoms in total. The zero-order valence-corrected chi connectivity index (χ0v) is 10.5. The highest BCUT2D eigenvalue weighted by Gasteiger charge is 2.13. The van der Waals surface area contributed by atoms with Crippen LogP contribution >= 0.6 is 0 Å². The molecule has 0 spiro atoms. The van der Waals surface area contributed by atoms with Crippen LogP contribution < -0.4 is 5.73 Å². The van der Waals surface area contributed by atoms with Crippen molar-refractivity contribution < 1.29 is 0 Å². The number of hydrogen-bond acceptors (Lipinski definition) is 1. The molecule has 0 aliphatic rings. The first-order valence-corrected chi connectivity index (χ1v) is 6.04. The van der Waals surface area contributed by atoms with Crippen molar-refractivity contribution in [2.24, 2.45) is 5.73 Å². The summed E-state index contributed by atoms with van der Waals surface area (Å²) in [5.41, 5.74) is 11.2. The summed E-state index contributed by atoms with van der Waals surface area (Å²) in [6.07, 6.45) is 0. The molecule has 88 valence electrons. The second kappa shape index (κ2) is 5.15. The Morgan fingerprint density at radius 2 is 1.71 bits per heavy atom. The summed E-state index contributed by atoms with van der Waals surface area (Å²) in [6, 6.07) is 17.1. The molecule has 0 radical (unpaired) electrons. The SMILES string of the molecule is Cc1ccc(C(CN)c2ccccc2)c(C)c1. The van der Waals surface area contributed by atoms with Gasteiger partial charge in [-0.3, -0.25) is 0 Å². The highest BCUT2D eigenvalue weighted by atomic mass is 14.5. The molecule has 2 N–H and O–H groups in total. The molecule has 2 aromatic rings. The fourth-order valence-corrected chi connectivity index (χ4v) is 2.34. The van der Waals surface area contributed by atoms with Crippen LogP contribution in [0.25, 0.3) is 0 Å². The number of benzene rings is 2. The van der Waals surface area contributed by atoms with Gasteiger partial charge in [0.05, 0.1) is 0 Å². The summed E-state index contributed by atoms with van der Waals surface area (Å²) < 4.78 is 0. The Morgan fingerprint density at radius 1 is 1.00 bits per heavy atom. The molecule has 0 aliphatic carbocycles. The van der Waals surface area contributed by atoms with Crippen LogP contribution in [0.3, 0.4) is 0 Å². The van der Waals surface area contributed by atoms with Crippen LogP contribution in [-0.4, -0.2) is 6.54 Å². The third kappa shape index (κ3) is 2.56. The van der Waals surface area contributed by atoms with Gasteiger partial charge in [0.25, 0.3) is 0 Å². The summed E-state index contributed by atoms with van der Waals surface area (Å²) in [5.74, 6) is 0.303. The van der Waals surface area contributed by atoms with Crippen LogP contribution in [0.1, 0.15) is 28.2 Å². The molecule has 0 aromatic heterocycles. The molecule has 2 aromatic carbocycles. The van der Waals surface area contributed by atoms with Crippen molar-refractivity contribution in [1.29, 1.82) is 0 Å². The molecular weight excluding hydrogens is 206 g/mol. The summed E-state index contributed by atoms with van der Waals surface area (Å²) in [7, 11) is 0. The second-order valence-electron chi connectivity index (χ2n) is 4.56. The lowest BCUT2D eigenvalue weighted by Gasteiger charge is -2.18. The zero-order chi connectivity index (χ0) is 12.3. The van der Waals surface area contributed by atoms with Gasteiger partial charge in [0.15, 0.2) is 0 Å². The van der Waals surface area contributed by atoms with E-state index < -0.39 is 0 Å². The van der Waals surface area contributed by atoms with Crippen LogP contribution in [0, 0.1) is 13.8 Å². The summed E-state index contributed by atoms with van der Waals surface area (Å²) in [5, 5.41) is 0. The van der Waals surface area contributed by atoms with Crippen LogP contribution in [-0.2, 0) is 0 Å². The van der Waals surface area contributed by atoms with Gasteiger partial charge in [-0.1, -0.05) is 54.1 Å². The Kier molecular flexibility index (Phi) is 3.60. The van der Waals surface area contributed by atoms with Crippen LogP contribution in [0.15, 0.2) is 48.5 Å². The van der Waals surface area contributed by atoms with Crippen molar-refractivity contribution in [2.75, 3.05) is 6.54 Å². The van der Waals surface area contributed by atoms with Gasteiger partial charge in [-0.15, -0.1) is 0 Å². The predicted molar refractivity (Wildman–Crippen MR) is 73.3 cm³/mol. The van der Waals surface area contributed by atoms with Crippen molar-refractivity contribution in [3.63, 3.8) is 0 Å². The first-order chi connectivity index (χ1) is 8.22. The maximum absolute atomic E-state index is 5.94. The monoisotopic (exact) mass is 225 g/mol. The van der Waals surface area contributed by atoms with E-state index in [1.54, 1.807) is 0 Å². The molecule has 1 unspecified atom stereocenters. The van der Waals surface area contributed by atoms with Gasteiger partial charge in [-0.25, -0.2) is 0 Å². The van der Waals surface area contributed by atoms with E-state index in [1.807, 2.05) is 6.07 Å². The summed E-state index contributed by atoms with van der Waals surface area (Å²) in [6.45, 7) is 4.93. The molecular formula is C16H19N. The van der Waals surface area contributed by atoms with E-state index in [0.717, 1.165) is 0 Å². The van der Waals surface area contributed by atoms with Crippen LogP contribution in [0.2, 0.25) is 0 Å². The smallest absolute Gasteiger partial charge is 0.0215 e. The first kappa shape index (κ1) is 11.9. The maximum atomic E-state index is 5.94. The average Bonchev–Trinajstić information content (AvgIpc) is 2.34. The Balaban J connectivity index is 2.42. The van der Waals surface area contributed by atoms with Crippen molar-refractivity contribution in [1.82, 2.24) is 0 Å². The number of hydrogen-bond donors (Lipinski definition) is 1. The van der Waals surface area contributed by atoms with E-state index in [4.69, 9.17) is 5.73 Å². The lowest BCUT2D eigenvalue weighted by Crippen LogP contribution is -2.14. The minimum Gasteiger partial charge on any atom is -0.330 e.